The smallest absolute Gasteiger partial charge is 0.350 e. The van der Waals surface area contributed by atoms with E-state index in [0.717, 1.165) is 6.92 Å². The molecule has 0 amide bonds. The summed E-state index contributed by atoms with van der Waals surface area (Å²) in [6.45, 7) is 5.12. The third-order valence-corrected chi connectivity index (χ3v) is 3.49. The van der Waals surface area contributed by atoms with Crippen molar-refractivity contribution < 1.29 is 42.9 Å². The van der Waals surface area contributed by atoms with Crippen LogP contribution >= 0.6 is 0 Å². The average molecular weight is 330 g/mol. The van der Waals surface area contributed by atoms with Gasteiger partial charge in [0.2, 0.25) is 6.10 Å². The Morgan fingerprint density at radius 2 is 1.39 bits per heavy atom. The van der Waals surface area contributed by atoms with Gasteiger partial charge in [0.05, 0.1) is 6.10 Å². The lowest BCUT2D eigenvalue weighted by atomic mass is 9.94. The standard InChI is InChI=1S/C14H18O9/c1-5-9(20-6(2)15)10(21-7(3)16)11-12(19-5)13(14(18)23-11)22-8(4)17/h5,9-13H,1-4H3/t5-,9-,10+,11?,12?,13?/m0/s1. The molecular formula is C14H18O9. The van der Waals surface area contributed by atoms with Gasteiger partial charge >= 0.3 is 23.9 Å². The number of carbonyl (C=O) groups is 4. The fraction of sp³-hybridized carbons (Fsp3) is 0.714. The first-order valence-electron chi connectivity index (χ1n) is 7.08. The molecule has 0 spiro atoms. The van der Waals surface area contributed by atoms with Crippen molar-refractivity contribution in [1.29, 1.82) is 0 Å². The third kappa shape index (κ3) is 3.61. The van der Waals surface area contributed by atoms with Crippen LogP contribution in [0, 0.1) is 0 Å². The quantitative estimate of drug-likeness (QED) is 0.498. The monoisotopic (exact) mass is 330 g/mol. The molecule has 0 saturated carbocycles. The zero-order chi connectivity index (χ0) is 17.3. The number of esters is 4. The number of hydrogen-bond acceptors (Lipinski definition) is 9. The Kier molecular flexibility index (Phi) is 4.88. The van der Waals surface area contributed by atoms with Crippen LogP contribution in [0.25, 0.3) is 0 Å². The highest BCUT2D eigenvalue weighted by Crippen LogP contribution is 2.35. The van der Waals surface area contributed by atoms with Gasteiger partial charge in [-0.15, -0.1) is 0 Å². The topological polar surface area (TPSA) is 114 Å². The lowest BCUT2D eigenvalue weighted by molar-refractivity contribution is -0.233. The van der Waals surface area contributed by atoms with E-state index in [0.29, 0.717) is 0 Å². The molecule has 0 aromatic heterocycles. The molecule has 128 valence electrons. The van der Waals surface area contributed by atoms with Crippen molar-refractivity contribution >= 4 is 23.9 Å². The van der Waals surface area contributed by atoms with Gasteiger partial charge in [0.1, 0.15) is 6.10 Å². The van der Waals surface area contributed by atoms with Crippen molar-refractivity contribution in [1.82, 2.24) is 0 Å². The van der Waals surface area contributed by atoms with E-state index >= 15 is 0 Å². The van der Waals surface area contributed by atoms with E-state index in [2.05, 4.69) is 0 Å². The van der Waals surface area contributed by atoms with Crippen LogP contribution in [0.5, 0.6) is 0 Å². The summed E-state index contributed by atoms with van der Waals surface area (Å²) in [5.74, 6) is -2.70. The van der Waals surface area contributed by atoms with Crippen LogP contribution < -0.4 is 0 Å². The minimum atomic E-state index is -1.25. The molecule has 0 radical (unpaired) electrons. The fourth-order valence-electron chi connectivity index (χ4n) is 2.73. The van der Waals surface area contributed by atoms with E-state index in [4.69, 9.17) is 23.7 Å². The van der Waals surface area contributed by atoms with Gasteiger partial charge < -0.3 is 23.7 Å². The van der Waals surface area contributed by atoms with E-state index in [9.17, 15) is 19.2 Å². The number of rotatable bonds is 3. The Labute approximate surface area is 132 Å². The molecule has 9 heteroatoms. The van der Waals surface area contributed by atoms with Gasteiger partial charge in [-0.05, 0) is 6.92 Å². The highest BCUT2D eigenvalue weighted by molar-refractivity contribution is 5.81. The molecule has 0 aromatic carbocycles. The van der Waals surface area contributed by atoms with Crippen molar-refractivity contribution in [3.63, 3.8) is 0 Å². The second kappa shape index (κ2) is 6.53. The van der Waals surface area contributed by atoms with Crippen LogP contribution in [0.15, 0.2) is 0 Å². The molecule has 0 aromatic rings. The summed E-state index contributed by atoms with van der Waals surface area (Å²) in [4.78, 5) is 45.7. The first kappa shape index (κ1) is 17.2. The van der Waals surface area contributed by atoms with Crippen LogP contribution in [0.1, 0.15) is 27.7 Å². The normalized spacial score (nSPS) is 35.7. The van der Waals surface area contributed by atoms with E-state index in [1.807, 2.05) is 0 Å². The number of ether oxygens (including phenoxy) is 5. The molecule has 2 heterocycles. The highest BCUT2D eigenvalue weighted by Gasteiger charge is 2.59. The second-order valence-corrected chi connectivity index (χ2v) is 5.39. The largest absolute Gasteiger partial charge is 0.456 e. The zero-order valence-electron chi connectivity index (χ0n) is 13.1. The summed E-state index contributed by atoms with van der Waals surface area (Å²) in [6.07, 6.45) is -5.92. The average Bonchev–Trinajstić information content (AvgIpc) is 2.69. The summed E-state index contributed by atoms with van der Waals surface area (Å²) in [7, 11) is 0. The van der Waals surface area contributed by atoms with Gasteiger partial charge in [0, 0.05) is 20.8 Å². The van der Waals surface area contributed by atoms with E-state index in [1.165, 1.54) is 13.8 Å². The Bertz CT molecular complexity index is 528. The Morgan fingerprint density at radius 1 is 0.870 bits per heavy atom. The summed E-state index contributed by atoms with van der Waals surface area (Å²) >= 11 is 0. The molecule has 3 unspecified atom stereocenters. The Hall–Kier alpha value is -2.16. The molecular weight excluding hydrogens is 312 g/mol. The van der Waals surface area contributed by atoms with Crippen LogP contribution in [0.4, 0.5) is 0 Å². The van der Waals surface area contributed by atoms with Crippen LogP contribution in [-0.4, -0.2) is 60.5 Å². The maximum Gasteiger partial charge on any atom is 0.350 e. The summed E-state index contributed by atoms with van der Waals surface area (Å²) in [5.41, 5.74) is 0. The number of carbonyl (C=O) groups excluding carboxylic acids is 4. The third-order valence-electron chi connectivity index (χ3n) is 3.49. The minimum Gasteiger partial charge on any atom is -0.456 e. The predicted molar refractivity (Wildman–Crippen MR) is 70.9 cm³/mol. The van der Waals surface area contributed by atoms with Gasteiger partial charge in [0.15, 0.2) is 18.3 Å². The molecule has 23 heavy (non-hydrogen) atoms. The molecule has 0 bridgehead atoms. The highest BCUT2D eigenvalue weighted by atomic mass is 16.7. The zero-order valence-corrected chi connectivity index (χ0v) is 13.1. The predicted octanol–water partition coefficient (Wildman–Crippen LogP) is -0.506. The Balaban J connectivity index is 2.28. The summed E-state index contributed by atoms with van der Waals surface area (Å²) in [6, 6.07) is 0. The molecule has 2 aliphatic rings. The molecule has 0 N–H and O–H groups in total. The molecule has 2 rings (SSSR count). The van der Waals surface area contributed by atoms with Crippen LogP contribution in [0.3, 0.4) is 0 Å². The van der Waals surface area contributed by atoms with Crippen molar-refractivity contribution in [2.24, 2.45) is 0 Å². The van der Waals surface area contributed by atoms with Crippen LogP contribution in [0.2, 0.25) is 0 Å². The van der Waals surface area contributed by atoms with E-state index in [1.54, 1.807) is 6.92 Å². The lowest BCUT2D eigenvalue weighted by Crippen LogP contribution is -2.60. The molecule has 2 aliphatic heterocycles. The van der Waals surface area contributed by atoms with Gasteiger partial charge in [0.25, 0.3) is 0 Å². The van der Waals surface area contributed by atoms with Crippen LogP contribution in [-0.2, 0) is 42.9 Å². The maximum absolute atomic E-state index is 11.9. The Morgan fingerprint density at radius 3 is 1.91 bits per heavy atom. The van der Waals surface area contributed by atoms with Gasteiger partial charge in [-0.25, -0.2) is 4.79 Å². The van der Waals surface area contributed by atoms with Gasteiger partial charge in [-0.3, -0.25) is 14.4 Å². The van der Waals surface area contributed by atoms with Gasteiger partial charge in [-0.1, -0.05) is 0 Å². The molecule has 2 fully saturated rings. The first-order valence-corrected chi connectivity index (χ1v) is 7.08. The molecule has 6 atom stereocenters. The van der Waals surface area contributed by atoms with Gasteiger partial charge in [-0.2, -0.15) is 0 Å². The first-order chi connectivity index (χ1) is 10.7. The maximum atomic E-state index is 11.9. The second-order valence-electron chi connectivity index (χ2n) is 5.39. The fourth-order valence-corrected chi connectivity index (χ4v) is 2.73. The molecule has 9 nitrogen and oxygen atoms in total. The SMILES string of the molecule is CC(=O)OC1C(=O)OC2C1O[C@@H](C)[C@H](OC(C)=O)[C@H]2OC(C)=O. The molecule has 2 saturated heterocycles. The summed E-state index contributed by atoms with van der Waals surface area (Å²) in [5, 5.41) is 0. The van der Waals surface area contributed by atoms with Crippen molar-refractivity contribution in [2.45, 2.75) is 64.3 Å². The number of hydrogen-bond donors (Lipinski definition) is 0. The number of fused-ring (bicyclic) bond motifs is 1. The molecule has 0 aliphatic carbocycles. The lowest BCUT2D eigenvalue weighted by Gasteiger charge is -2.40. The van der Waals surface area contributed by atoms with Crippen molar-refractivity contribution in [3.8, 4) is 0 Å². The van der Waals surface area contributed by atoms with Crippen molar-refractivity contribution in [3.05, 3.63) is 0 Å². The van der Waals surface area contributed by atoms with E-state index < -0.39 is 60.5 Å². The van der Waals surface area contributed by atoms with Crippen molar-refractivity contribution in [2.75, 3.05) is 0 Å². The van der Waals surface area contributed by atoms with E-state index in [-0.39, 0.29) is 0 Å². The summed E-state index contributed by atoms with van der Waals surface area (Å²) < 4.78 is 26.0. The minimum absolute atomic E-state index is 0.595.